The van der Waals surface area contributed by atoms with Gasteiger partial charge in [-0.05, 0) is 37.1 Å². The first-order valence-corrected chi connectivity index (χ1v) is 7.63. The maximum absolute atomic E-state index is 9.61. The van der Waals surface area contributed by atoms with Gasteiger partial charge in [-0.25, -0.2) is 9.67 Å². The standard InChI is InChI=1S/C15H16N6O3/c1-8-12(22)6-5-10(16-8)13-11(21(2)20-18-13)7-23-15-17-14(24-19-15)9-3-4-9/h5-6,9,22H,3-4,7H2,1-2H3. The Hall–Kier alpha value is -2.97. The molecule has 3 heterocycles. The summed E-state index contributed by atoms with van der Waals surface area (Å²) in [6, 6.07) is 3.48. The van der Waals surface area contributed by atoms with E-state index in [1.165, 1.54) is 0 Å². The van der Waals surface area contributed by atoms with Gasteiger partial charge in [-0.2, -0.15) is 4.98 Å². The van der Waals surface area contributed by atoms with Crippen LogP contribution in [0.1, 0.15) is 36.0 Å². The summed E-state index contributed by atoms with van der Waals surface area (Å²) in [5, 5.41) is 21.6. The summed E-state index contributed by atoms with van der Waals surface area (Å²) >= 11 is 0. The van der Waals surface area contributed by atoms with Crippen LogP contribution in [0.25, 0.3) is 11.4 Å². The van der Waals surface area contributed by atoms with Crippen LogP contribution in [-0.4, -0.2) is 35.2 Å². The maximum Gasteiger partial charge on any atom is 0.354 e. The Morgan fingerprint density at radius 3 is 2.92 bits per heavy atom. The minimum atomic E-state index is 0.139. The lowest BCUT2D eigenvalue weighted by molar-refractivity contribution is 0.254. The number of ether oxygens (including phenoxy) is 1. The monoisotopic (exact) mass is 328 g/mol. The van der Waals surface area contributed by atoms with Crippen molar-refractivity contribution in [3.05, 3.63) is 29.4 Å². The Morgan fingerprint density at radius 2 is 2.17 bits per heavy atom. The van der Waals surface area contributed by atoms with Crippen LogP contribution in [0.5, 0.6) is 11.8 Å². The van der Waals surface area contributed by atoms with Gasteiger partial charge in [0.25, 0.3) is 0 Å². The molecule has 124 valence electrons. The average molecular weight is 328 g/mol. The first-order chi connectivity index (χ1) is 11.6. The molecule has 1 fully saturated rings. The fraction of sp³-hybridized carbons (Fsp3) is 0.400. The first kappa shape index (κ1) is 14.6. The van der Waals surface area contributed by atoms with Crippen molar-refractivity contribution in [2.45, 2.75) is 32.3 Å². The summed E-state index contributed by atoms with van der Waals surface area (Å²) in [7, 11) is 1.77. The van der Waals surface area contributed by atoms with Gasteiger partial charge in [0.1, 0.15) is 23.7 Å². The molecule has 3 aromatic rings. The molecule has 9 heteroatoms. The van der Waals surface area contributed by atoms with Crippen LogP contribution in [0.4, 0.5) is 0 Å². The Balaban J connectivity index is 1.56. The molecule has 24 heavy (non-hydrogen) atoms. The zero-order valence-electron chi connectivity index (χ0n) is 13.3. The molecule has 1 aliphatic carbocycles. The molecule has 4 rings (SSSR count). The first-order valence-electron chi connectivity index (χ1n) is 7.63. The van der Waals surface area contributed by atoms with E-state index in [1.54, 1.807) is 30.8 Å². The molecule has 9 nitrogen and oxygen atoms in total. The third kappa shape index (κ3) is 2.68. The Labute approximate surface area is 137 Å². The molecule has 1 aliphatic rings. The van der Waals surface area contributed by atoms with Gasteiger partial charge >= 0.3 is 6.01 Å². The van der Waals surface area contributed by atoms with E-state index in [9.17, 15) is 5.11 Å². The second-order valence-corrected chi connectivity index (χ2v) is 5.79. The SMILES string of the molecule is Cc1nc(-c2nnn(C)c2COc2noc(C3CC3)n2)ccc1O. The van der Waals surface area contributed by atoms with E-state index in [-0.39, 0.29) is 18.4 Å². The molecular formula is C15H16N6O3. The van der Waals surface area contributed by atoms with Crippen molar-refractivity contribution in [3.63, 3.8) is 0 Å². The summed E-state index contributed by atoms with van der Waals surface area (Å²) < 4.78 is 12.4. The number of rotatable bonds is 5. The average Bonchev–Trinajstić information content (AvgIpc) is 3.20. The Bertz CT molecular complexity index is 883. The highest BCUT2D eigenvalue weighted by molar-refractivity contribution is 5.57. The topological polar surface area (TPSA) is 112 Å². The largest absolute Gasteiger partial charge is 0.506 e. The molecule has 0 aromatic carbocycles. The third-order valence-corrected chi connectivity index (χ3v) is 3.93. The summed E-state index contributed by atoms with van der Waals surface area (Å²) in [6.07, 6.45) is 2.17. The highest BCUT2D eigenvalue weighted by Gasteiger charge is 2.30. The van der Waals surface area contributed by atoms with E-state index in [1.807, 2.05) is 0 Å². The van der Waals surface area contributed by atoms with E-state index in [0.717, 1.165) is 18.5 Å². The van der Waals surface area contributed by atoms with Crippen LogP contribution in [0.3, 0.4) is 0 Å². The molecule has 3 aromatic heterocycles. The van der Waals surface area contributed by atoms with Gasteiger partial charge in [-0.3, -0.25) is 0 Å². The molecule has 0 radical (unpaired) electrons. The number of pyridine rings is 1. The van der Waals surface area contributed by atoms with Gasteiger partial charge in [-0.15, -0.1) is 5.10 Å². The smallest absolute Gasteiger partial charge is 0.354 e. The van der Waals surface area contributed by atoms with Crippen molar-refractivity contribution in [2.24, 2.45) is 7.05 Å². The molecule has 0 amide bonds. The fourth-order valence-electron chi connectivity index (χ4n) is 2.33. The fourth-order valence-corrected chi connectivity index (χ4v) is 2.33. The van der Waals surface area contributed by atoms with Gasteiger partial charge in [0.2, 0.25) is 5.89 Å². The summed E-state index contributed by atoms with van der Waals surface area (Å²) in [4.78, 5) is 8.57. The zero-order valence-corrected chi connectivity index (χ0v) is 13.3. The van der Waals surface area contributed by atoms with Crippen molar-refractivity contribution in [1.29, 1.82) is 0 Å². The molecule has 0 unspecified atom stereocenters. The van der Waals surface area contributed by atoms with Gasteiger partial charge in [-0.1, -0.05) is 5.21 Å². The van der Waals surface area contributed by atoms with Crippen LogP contribution in [0, 0.1) is 6.92 Å². The lowest BCUT2D eigenvalue weighted by Gasteiger charge is -2.05. The summed E-state index contributed by atoms with van der Waals surface area (Å²) in [5.74, 6) is 1.15. The predicted octanol–water partition coefficient (Wildman–Crippen LogP) is 1.73. The number of hydrogen-bond acceptors (Lipinski definition) is 8. The second-order valence-electron chi connectivity index (χ2n) is 5.79. The van der Waals surface area contributed by atoms with Crippen molar-refractivity contribution in [3.8, 4) is 23.1 Å². The van der Waals surface area contributed by atoms with Crippen molar-refractivity contribution < 1.29 is 14.4 Å². The van der Waals surface area contributed by atoms with E-state index < -0.39 is 0 Å². The molecule has 1 saturated carbocycles. The van der Waals surface area contributed by atoms with Gasteiger partial charge in [0, 0.05) is 13.0 Å². The maximum atomic E-state index is 9.61. The zero-order chi connectivity index (χ0) is 16.7. The van der Waals surface area contributed by atoms with Crippen molar-refractivity contribution in [1.82, 2.24) is 30.1 Å². The number of aryl methyl sites for hydroxylation is 2. The number of aromatic hydroxyl groups is 1. The lowest BCUT2D eigenvalue weighted by atomic mass is 10.2. The van der Waals surface area contributed by atoms with Crippen LogP contribution in [0.2, 0.25) is 0 Å². The Morgan fingerprint density at radius 1 is 1.33 bits per heavy atom. The molecular weight excluding hydrogens is 312 g/mol. The highest BCUT2D eigenvalue weighted by atomic mass is 16.6. The van der Waals surface area contributed by atoms with Gasteiger partial charge < -0.3 is 14.4 Å². The van der Waals surface area contributed by atoms with Crippen LogP contribution < -0.4 is 4.74 Å². The molecule has 1 N–H and O–H groups in total. The van der Waals surface area contributed by atoms with Crippen LogP contribution in [-0.2, 0) is 13.7 Å². The second kappa shape index (κ2) is 5.59. The lowest BCUT2D eigenvalue weighted by Crippen LogP contribution is -2.05. The Kier molecular flexibility index (Phi) is 3.40. The number of aromatic nitrogens is 6. The molecule has 0 spiro atoms. The van der Waals surface area contributed by atoms with Crippen molar-refractivity contribution >= 4 is 0 Å². The van der Waals surface area contributed by atoms with Crippen molar-refractivity contribution in [2.75, 3.05) is 0 Å². The molecule has 0 saturated heterocycles. The number of hydrogen-bond donors (Lipinski definition) is 1. The van der Waals surface area contributed by atoms with E-state index in [2.05, 4.69) is 25.4 Å². The minimum absolute atomic E-state index is 0.139. The molecule has 0 aliphatic heterocycles. The summed E-state index contributed by atoms with van der Waals surface area (Å²) in [6.45, 7) is 1.91. The van der Waals surface area contributed by atoms with E-state index in [4.69, 9.17) is 9.26 Å². The van der Waals surface area contributed by atoms with Gasteiger partial charge in [0.05, 0.1) is 11.4 Å². The highest BCUT2D eigenvalue weighted by Crippen LogP contribution is 2.39. The third-order valence-electron chi connectivity index (χ3n) is 3.93. The number of nitrogens with zero attached hydrogens (tertiary/aromatic N) is 6. The van der Waals surface area contributed by atoms with Crippen LogP contribution in [0.15, 0.2) is 16.7 Å². The normalized spacial score (nSPS) is 14.1. The quantitative estimate of drug-likeness (QED) is 0.753. The van der Waals surface area contributed by atoms with E-state index >= 15 is 0 Å². The van der Waals surface area contributed by atoms with E-state index in [0.29, 0.717) is 28.9 Å². The summed E-state index contributed by atoms with van der Waals surface area (Å²) in [5.41, 5.74) is 2.46. The van der Waals surface area contributed by atoms with Gasteiger partial charge in [0.15, 0.2) is 0 Å². The molecule has 0 bridgehead atoms. The predicted molar refractivity (Wildman–Crippen MR) is 81.2 cm³/mol. The van der Waals surface area contributed by atoms with Crippen LogP contribution >= 0.6 is 0 Å². The minimum Gasteiger partial charge on any atom is -0.506 e. The molecule has 0 atom stereocenters.